The molecule has 0 atom stereocenters. The van der Waals surface area contributed by atoms with Crippen LogP contribution in [0.3, 0.4) is 0 Å². The smallest absolute Gasteiger partial charge is 0.274 e. The lowest BCUT2D eigenvalue weighted by Gasteiger charge is -2.40. The summed E-state index contributed by atoms with van der Waals surface area (Å²) in [4.78, 5) is 29.4. The lowest BCUT2D eigenvalue weighted by Crippen LogP contribution is -2.49. The molecule has 0 radical (unpaired) electrons. The molecule has 0 aromatic carbocycles. The summed E-state index contributed by atoms with van der Waals surface area (Å²) >= 11 is 0. The van der Waals surface area contributed by atoms with Crippen LogP contribution in [0.1, 0.15) is 74.5 Å². The fraction of sp³-hybridized carbons (Fsp3) is 0.762. The number of carbonyl (C=O) groups is 2. The molecule has 1 spiro atoms. The van der Waals surface area contributed by atoms with E-state index in [0.717, 1.165) is 18.7 Å². The number of carbonyl (C=O) groups excluding carboxylic acids is 2. The number of nitrogens with one attached hydrogen (secondary N) is 1. The van der Waals surface area contributed by atoms with E-state index in [1.54, 1.807) is 0 Å². The van der Waals surface area contributed by atoms with Gasteiger partial charge in [-0.05, 0) is 44.1 Å². The molecule has 1 aromatic rings. The lowest BCUT2D eigenvalue weighted by atomic mass is 9.87. The first-order valence-electron chi connectivity index (χ1n) is 10.7. The largest absolute Gasteiger partial charge is 0.372 e. The molecule has 28 heavy (non-hydrogen) atoms. The van der Waals surface area contributed by atoms with Gasteiger partial charge in [0.25, 0.3) is 5.91 Å². The number of ether oxygens (including phenoxy) is 1. The van der Waals surface area contributed by atoms with Crippen molar-refractivity contribution < 1.29 is 14.3 Å². The number of piperidine rings is 1. The first kappa shape index (κ1) is 19.4. The average molecular weight is 389 g/mol. The summed E-state index contributed by atoms with van der Waals surface area (Å²) in [5.74, 6) is 1.32. The predicted molar refractivity (Wildman–Crippen MR) is 105 cm³/mol. The maximum atomic E-state index is 12.8. The molecule has 0 unspecified atom stereocenters. The van der Waals surface area contributed by atoms with E-state index >= 15 is 0 Å². The Balaban J connectivity index is 1.33. The topological polar surface area (TPSA) is 78.5 Å². The van der Waals surface area contributed by atoms with Crippen LogP contribution >= 0.6 is 0 Å². The molecular weight excluding hydrogens is 356 g/mol. The molecule has 7 heteroatoms. The molecule has 1 saturated carbocycles. The van der Waals surface area contributed by atoms with Crippen molar-refractivity contribution in [2.45, 2.75) is 63.9 Å². The second kappa shape index (κ2) is 7.85. The van der Waals surface area contributed by atoms with E-state index in [2.05, 4.69) is 24.0 Å². The number of amides is 2. The number of rotatable bonds is 5. The Morgan fingerprint density at radius 3 is 2.75 bits per heavy atom. The highest BCUT2D eigenvalue weighted by Crippen LogP contribution is 2.39. The molecule has 7 nitrogen and oxygen atoms in total. The van der Waals surface area contributed by atoms with Crippen molar-refractivity contribution in [1.29, 1.82) is 0 Å². The summed E-state index contributed by atoms with van der Waals surface area (Å²) in [6.45, 7) is 7.66. The Morgan fingerprint density at radius 2 is 2.07 bits per heavy atom. The summed E-state index contributed by atoms with van der Waals surface area (Å²) in [5, 5.41) is 7.23. The predicted octanol–water partition coefficient (Wildman–Crippen LogP) is 2.56. The Hall–Kier alpha value is -1.89. The minimum Gasteiger partial charge on any atom is -0.372 e. The van der Waals surface area contributed by atoms with E-state index in [0.29, 0.717) is 63.0 Å². The van der Waals surface area contributed by atoms with E-state index in [1.165, 1.54) is 12.8 Å². The quantitative estimate of drug-likeness (QED) is 0.841. The van der Waals surface area contributed by atoms with Gasteiger partial charge in [-0.2, -0.15) is 5.10 Å². The standard InChI is InChI=1S/C21H32N4O3/c1-15(2)5-8-24-11-12-28-21(14-19(24)26)6-9-25(10-7-21)20(27)18-13-17(22-23-18)16-3-4-16/h13,15-16H,3-12,14H2,1-2H3,(H,22,23). The normalized spacial score (nSPS) is 22.8. The number of likely N-dealkylation sites (tertiary alicyclic amines) is 1. The highest BCUT2D eigenvalue weighted by molar-refractivity contribution is 5.92. The Morgan fingerprint density at radius 1 is 1.32 bits per heavy atom. The molecule has 3 heterocycles. The number of nitrogens with zero attached hydrogens (tertiary/aromatic N) is 3. The van der Waals surface area contributed by atoms with Gasteiger partial charge in [-0.3, -0.25) is 14.7 Å². The Kier molecular flexibility index (Phi) is 5.45. The van der Waals surface area contributed by atoms with Crippen molar-refractivity contribution >= 4 is 11.8 Å². The number of H-pyrrole nitrogens is 1. The summed E-state index contributed by atoms with van der Waals surface area (Å²) in [6.07, 6.45) is 5.24. The molecule has 3 fully saturated rings. The summed E-state index contributed by atoms with van der Waals surface area (Å²) in [5.41, 5.74) is 1.18. The van der Waals surface area contributed by atoms with Gasteiger partial charge in [0.05, 0.1) is 18.6 Å². The van der Waals surface area contributed by atoms with Crippen LogP contribution in [0.15, 0.2) is 6.07 Å². The second-order valence-electron chi connectivity index (χ2n) is 9.05. The maximum Gasteiger partial charge on any atom is 0.274 e. The Bertz CT molecular complexity index is 717. The van der Waals surface area contributed by atoms with Crippen molar-refractivity contribution in [3.63, 3.8) is 0 Å². The van der Waals surface area contributed by atoms with Crippen LogP contribution in [0.5, 0.6) is 0 Å². The van der Waals surface area contributed by atoms with Gasteiger partial charge in [0.15, 0.2) is 0 Å². The second-order valence-corrected chi connectivity index (χ2v) is 9.05. The fourth-order valence-electron chi connectivity index (χ4n) is 4.24. The monoisotopic (exact) mass is 388 g/mol. The zero-order valence-electron chi connectivity index (χ0n) is 17.1. The van der Waals surface area contributed by atoms with Crippen LogP contribution < -0.4 is 0 Å². The minimum atomic E-state index is -0.412. The summed E-state index contributed by atoms with van der Waals surface area (Å²) in [6, 6.07) is 1.91. The first-order valence-corrected chi connectivity index (χ1v) is 10.7. The molecule has 2 saturated heterocycles. The van der Waals surface area contributed by atoms with Crippen molar-refractivity contribution in [1.82, 2.24) is 20.0 Å². The van der Waals surface area contributed by atoms with Gasteiger partial charge in [0.1, 0.15) is 5.69 Å². The SMILES string of the molecule is CC(C)CCN1CCOC2(CCN(C(=O)c3cc(C4CC4)[nH]n3)CC2)CC1=O. The first-order chi connectivity index (χ1) is 13.5. The molecular formula is C21H32N4O3. The number of hydrogen-bond donors (Lipinski definition) is 1. The zero-order chi connectivity index (χ0) is 19.7. The number of hydrogen-bond acceptors (Lipinski definition) is 4. The molecule has 0 bridgehead atoms. The fourth-order valence-corrected chi connectivity index (χ4v) is 4.24. The minimum absolute atomic E-state index is 0.0171. The number of aromatic amines is 1. The van der Waals surface area contributed by atoms with Crippen molar-refractivity contribution in [2.75, 3.05) is 32.8 Å². The van der Waals surface area contributed by atoms with Crippen molar-refractivity contribution in [3.8, 4) is 0 Å². The van der Waals surface area contributed by atoms with E-state index < -0.39 is 5.60 Å². The van der Waals surface area contributed by atoms with E-state index in [9.17, 15) is 9.59 Å². The highest BCUT2D eigenvalue weighted by Gasteiger charge is 2.41. The molecule has 1 aromatic heterocycles. The highest BCUT2D eigenvalue weighted by atomic mass is 16.5. The molecule has 154 valence electrons. The summed E-state index contributed by atoms with van der Waals surface area (Å²) in [7, 11) is 0. The van der Waals surface area contributed by atoms with Crippen LogP contribution in [0.25, 0.3) is 0 Å². The van der Waals surface area contributed by atoms with E-state index in [1.807, 2.05) is 15.9 Å². The Labute approximate surface area is 166 Å². The molecule has 2 amide bonds. The zero-order valence-corrected chi connectivity index (χ0v) is 17.1. The van der Waals surface area contributed by atoms with Gasteiger partial charge < -0.3 is 14.5 Å². The van der Waals surface area contributed by atoms with E-state index in [-0.39, 0.29) is 11.8 Å². The van der Waals surface area contributed by atoms with Crippen molar-refractivity contribution in [3.05, 3.63) is 17.5 Å². The molecule has 3 aliphatic rings. The van der Waals surface area contributed by atoms with Crippen LogP contribution in [-0.4, -0.2) is 70.2 Å². The molecule has 1 N–H and O–H groups in total. The lowest BCUT2D eigenvalue weighted by molar-refractivity contribution is -0.135. The van der Waals surface area contributed by atoms with Gasteiger partial charge in [-0.1, -0.05) is 13.8 Å². The van der Waals surface area contributed by atoms with Crippen LogP contribution in [-0.2, 0) is 9.53 Å². The third-order valence-corrected chi connectivity index (χ3v) is 6.37. The van der Waals surface area contributed by atoms with Gasteiger partial charge >= 0.3 is 0 Å². The van der Waals surface area contributed by atoms with Crippen LogP contribution in [0.4, 0.5) is 0 Å². The molecule has 1 aliphatic carbocycles. The van der Waals surface area contributed by atoms with Gasteiger partial charge in [-0.15, -0.1) is 0 Å². The number of aromatic nitrogens is 2. The van der Waals surface area contributed by atoms with Crippen LogP contribution in [0.2, 0.25) is 0 Å². The van der Waals surface area contributed by atoms with Gasteiger partial charge in [0.2, 0.25) is 5.91 Å². The van der Waals surface area contributed by atoms with E-state index in [4.69, 9.17) is 4.74 Å². The molecule has 2 aliphatic heterocycles. The third-order valence-electron chi connectivity index (χ3n) is 6.37. The third kappa shape index (κ3) is 4.24. The molecule has 4 rings (SSSR count). The maximum absolute atomic E-state index is 12.8. The van der Waals surface area contributed by atoms with Crippen molar-refractivity contribution in [2.24, 2.45) is 5.92 Å². The van der Waals surface area contributed by atoms with Gasteiger partial charge in [0, 0.05) is 37.8 Å². The summed E-state index contributed by atoms with van der Waals surface area (Å²) < 4.78 is 6.19. The van der Waals surface area contributed by atoms with Crippen LogP contribution in [0, 0.1) is 5.92 Å². The van der Waals surface area contributed by atoms with Gasteiger partial charge in [-0.25, -0.2) is 0 Å². The average Bonchev–Trinajstić information content (AvgIpc) is 3.43.